The summed E-state index contributed by atoms with van der Waals surface area (Å²) in [5.41, 5.74) is 0.944. The third-order valence-electron chi connectivity index (χ3n) is 4.56. The number of ether oxygens (including phenoxy) is 2. The van der Waals surface area contributed by atoms with Gasteiger partial charge in [-0.25, -0.2) is 0 Å². The number of amides is 2. The largest absolute Gasteiger partial charge is 0.493 e. The van der Waals surface area contributed by atoms with Crippen molar-refractivity contribution in [2.24, 2.45) is 0 Å². The fourth-order valence-electron chi connectivity index (χ4n) is 3.16. The predicted octanol–water partition coefficient (Wildman–Crippen LogP) is 4.48. The van der Waals surface area contributed by atoms with Gasteiger partial charge in [0.2, 0.25) is 11.8 Å². The highest BCUT2D eigenvalue weighted by atomic mass is 16.5. The van der Waals surface area contributed by atoms with E-state index in [9.17, 15) is 9.59 Å². The van der Waals surface area contributed by atoms with Gasteiger partial charge in [-0.3, -0.25) is 9.59 Å². The Morgan fingerprint density at radius 1 is 1.03 bits per heavy atom. The average Bonchev–Trinajstić information content (AvgIpc) is 2.67. The van der Waals surface area contributed by atoms with Gasteiger partial charge < -0.3 is 19.7 Å². The molecular weight excluding hydrogens is 368 g/mol. The quantitative estimate of drug-likeness (QED) is 0.524. The minimum Gasteiger partial charge on any atom is -0.493 e. The molecule has 29 heavy (non-hydrogen) atoms. The van der Waals surface area contributed by atoms with Gasteiger partial charge in [0.25, 0.3) is 0 Å². The fourth-order valence-corrected chi connectivity index (χ4v) is 3.16. The Balaban J connectivity index is 2.54. The van der Waals surface area contributed by atoms with E-state index in [2.05, 4.69) is 19.2 Å². The van der Waals surface area contributed by atoms with Crippen LogP contribution in [0.2, 0.25) is 0 Å². The highest BCUT2D eigenvalue weighted by Crippen LogP contribution is 2.31. The number of hydrogen-bond donors (Lipinski definition) is 1. The van der Waals surface area contributed by atoms with Crippen molar-refractivity contribution in [3.05, 3.63) is 23.8 Å². The lowest BCUT2D eigenvalue weighted by molar-refractivity contribution is -0.131. The van der Waals surface area contributed by atoms with Crippen molar-refractivity contribution in [3.8, 4) is 11.5 Å². The number of methoxy groups -OCH3 is 1. The second-order valence-corrected chi connectivity index (χ2v) is 7.60. The summed E-state index contributed by atoms with van der Waals surface area (Å²) in [6.45, 7) is 11.6. The third kappa shape index (κ3) is 8.75. The summed E-state index contributed by atoms with van der Waals surface area (Å²) in [5, 5.41) is 3.00. The smallest absolute Gasteiger partial charge is 0.222 e. The monoisotopic (exact) mass is 406 g/mol. The Morgan fingerprint density at radius 3 is 2.24 bits per heavy atom. The maximum Gasteiger partial charge on any atom is 0.222 e. The first-order valence-electron chi connectivity index (χ1n) is 10.7. The molecule has 0 bridgehead atoms. The SMILES string of the molecule is CCCN(CCC)C(=O)CCCC(=O)NC(C)c1ccc(OC(C)C)c(OC)c1. The molecule has 0 saturated heterocycles. The van der Waals surface area contributed by atoms with Gasteiger partial charge in [-0.1, -0.05) is 19.9 Å². The molecule has 0 aliphatic heterocycles. The van der Waals surface area contributed by atoms with Crippen LogP contribution in [-0.2, 0) is 9.59 Å². The molecule has 0 aromatic heterocycles. The molecule has 1 N–H and O–H groups in total. The molecule has 6 heteroatoms. The fraction of sp³-hybridized carbons (Fsp3) is 0.652. The maximum absolute atomic E-state index is 12.3. The molecule has 0 heterocycles. The van der Waals surface area contributed by atoms with E-state index in [1.807, 2.05) is 43.9 Å². The van der Waals surface area contributed by atoms with E-state index in [0.717, 1.165) is 31.5 Å². The van der Waals surface area contributed by atoms with E-state index in [4.69, 9.17) is 9.47 Å². The first-order valence-corrected chi connectivity index (χ1v) is 10.7. The highest BCUT2D eigenvalue weighted by Gasteiger charge is 2.15. The molecule has 1 unspecified atom stereocenters. The lowest BCUT2D eigenvalue weighted by Crippen LogP contribution is -2.32. The van der Waals surface area contributed by atoms with E-state index < -0.39 is 0 Å². The van der Waals surface area contributed by atoms with Gasteiger partial charge in [0.1, 0.15) is 0 Å². The minimum absolute atomic E-state index is 0.0516. The van der Waals surface area contributed by atoms with E-state index in [-0.39, 0.29) is 24.0 Å². The Bertz CT molecular complexity index is 640. The number of carbonyl (C=O) groups is 2. The zero-order valence-electron chi connectivity index (χ0n) is 18.9. The number of carbonyl (C=O) groups excluding carboxylic acids is 2. The van der Waals surface area contributed by atoms with Gasteiger partial charge in [0.15, 0.2) is 11.5 Å². The van der Waals surface area contributed by atoms with Crippen LogP contribution in [0.1, 0.15) is 78.3 Å². The van der Waals surface area contributed by atoms with E-state index in [0.29, 0.717) is 30.8 Å². The molecule has 1 aromatic carbocycles. The highest BCUT2D eigenvalue weighted by molar-refractivity contribution is 5.79. The molecule has 1 aromatic rings. The summed E-state index contributed by atoms with van der Waals surface area (Å²) in [6, 6.07) is 5.53. The molecule has 2 amide bonds. The molecule has 1 atom stereocenters. The number of hydrogen-bond acceptors (Lipinski definition) is 4. The van der Waals surface area contributed by atoms with Gasteiger partial charge >= 0.3 is 0 Å². The second-order valence-electron chi connectivity index (χ2n) is 7.60. The van der Waals surface area contributed by atoms with Crippen molar-refractivity contribution in [2.45, 2.75) is 78.9 Å². The van der Waals surface area contributed by atoms with Crippen LogP contribution in [0.5, 0.6) is 11.5 Å². The Kier molecular flexibility index (Phi) is 11.2. The van der Waals surface area contributed by atoms with Crippen LogP contribution in [0.15, 0.2) is 18.2 Å². The van der Waals surface area contributed by atoms with Crippen LogP contribution in [0.4, 0.5) is 0 Å². The average molecular weight is 407 g/mol. The standard InChI is InChI=1S/C23H38N2O4/c1-7-14-25(15-8-2)23(27)11-9-10-22(26)24-18(5)19-12-13-20(29-17(3)4)21(16-19)28-6/h12-13,16-18H,7-11,14-15H2,1-6H3,(H,24,26). The van der Waals surface area contributed by atoms with E-state index >= 15 is 0 Å². The molecule has 0 fully saturated rings. The predicted molar refractivity (Wildman–Crippen MR) is 116 cm³/mol. The summed E-state index contributed by atoms with van der Waals surface area (Å²) in [6.07, 6.45) is 3.28. The number of nitrogens with zero attached hydrogens (tertiary/aromatic N) is 1. The number of nitrogens with one attached hydrogen (secondary N) is 1. The van der Waals surface area contributed by atoms with Gasteiger partial charge in [-0.05, 0) is 57.7 Å². The molecule has 0 radical (unpaired) electrons. The summed E-state index contributed by atoms with van der Waals surface area (Å²) < 4.78 is 11.1. The number of benzene rings is 1. The third-order valence-corrected chi connectivity index (χ3v) is 4.56. The van der Waals surface area contributed by atoms with Crippen molar-refractivity contribution in [3.63, 3.8) is 0 Å². The molecule has 6 nitrogen and oxygen atoms in total. The van der Waals surface area contributed by atoms with Crippen LogP contribution in [0, 0.1) is 0 Å². The van der Waals surface area contributed by atoms with Gasteiger partial charge in [0, 0.05) is 25.9 Å². The first kappa shape index (κ1) is 24.8. The van der Waals surface area contributed by atoms with Crippen molar-refractivity contribution >= 4 is 11.8 Å². The van der Waals surface area contributed by atoms with Gasteiger partial charge in [-0.15, -0.1) is 0 Å². The molecule has 0 saturated carbocycles. The lowest BCUT2D eigenvalue weighted by Gasteiger charge is -2.21. The van der Waals surface area contributed by atoms with Crippen molar-refractivity contribution in [1.82, 2.24) is 10.2 Å². The summed E-state index contributed by atoms with van der Waals surface area (Å²) >= 11 is 0. The molecule has 0 spiro atoms. The van der Waals surface area contributed by atoms with Crippen molar-refractivity contribution in [2.75, 3.05) is 20.2 Å². The normalized spacial score (nSPS) is 11.8. The molecule has 0 aliphatic carbocycles. The first-order chi connectivity index (χ1) is 13.8. The topological polar surface area (TPSA) is 67.9 Å². The zero-order valence-corrected chi connectivity index (χ0v) is 18.9. The Hall–Kier alpha value is -2.24. The van der Waals surface area contributed by atoms with Crippen molar-refractivity contribution in [1.29, 1.82) is 0 Å². The molecule has 164 valence electrons. The maximum atomic E-state index is 12.3. The Labute approximate surface area is 175 Å². The van der Waals surface area contributed by atoms with Crippen LogP contribution in [-0.4, -0.2) is 43.0 Å². The van der Waals surface area contributed by atoms with E-state index in [1.54, 1.807) is 7.11 Å². The van der Waals surface area contributed by atoms with Crippen molar-refractivity contribution < 1.29 is 19.1 Å². The van der Waals surface area contributed by atoms with Gasteiger partial charge in [0.05, 0.1) is 19.3 Å². The van der Waals surface area contributed by atoms with Crippen LogP contribution in [0.25, 0.3) is 0 Å². The molecular formula is C23H38N2O4. The zero-order chi connectivity index (χ0) is 21.8. The lowest BCUT2D eigenvalue weighted by atomic mass is 10.1. The minimum atomic E-state index is -0.156. The summed E-state index contributed by atoms with van der Waals surface area (Å²) in [7, 11) is 1.60. The Morgan fingerprint density at radius 2 is 1.69 bits per heavy atom. The van der Waals surface area contributed by atoms with E-state index in [1.165, 1.54) is 0 Å². The summed E-state index contributed by atoms with van der Waals surface area (Å²) in [5.74, 6) is 1.42. The van der Waals surface area contributed by atoms with Gasteiger partial charge in [-0.2, -0.15) is 0 Å². The van der Waals surface area contributed by atoms with Crippen LogP contribution >= 0.6 is 0 Å². The van der Waals surface area contributed by atoms with Crippen LogP contribution in [0.3, 0.4) is 0 Å². The van der Waals surface area contributed by atoms with Crippen LogP contribution < -0.4 is 14.8 Å². The molecule has 0 aliphatic rings. The second kappa shape index (κ2) is 13.1. The molecule has 1 rings (SSSR count). The summed E-state index contributed by atoms with van der Waals surface area (Å²) in [4.78, 5) is 26.5. The number of rotatable bonds is 13.